The van der Waals surface area contributed by atoms with Crippen LogP contribution in [0, 0.1) is 0 Å². The van der Waals surface area contributed by atoms with E-state index in [1.807, 2.05) is 24.3 Å². The van der Waals surface area contributed by atoms with Crippen molar-refractivity contribution in [2.45, 2.75) is 50.4 Å². The van der Waals surface area contributed by atoms with Crippen molar-refractivity contribution in [1.82, 2.24) is 20.4 Å². The van der Waals surface area contributed by atoms with Crippen LogP contribution in [0.15, 0.2) is 28.8 Å². The van der Waals surface area contributed by atoms with Crippen LogP contribution >= 0.6 is 11.6 Å². The summed E-state index contributed by atoms with van der Waals surface area (Å²) in [4.78, 5) is 6.87. The summed E-state index contributed by atoms with van der Waals surface area (Å²) in [6.45, 7) is 0.699. The predicted molar refractivity (Wildman–Crippen MR) is 89.2 cm³/mol. The molecule has 2 fully saturated rings. The van der Waals surface area contributed by atoms with Gasteiger partial charge < -0.3 is 9.84 Å². The summed E-state index contributed by atoms with van der Waals surface area (Å²) in [6.07, 6.45) is 5.06. The molecule has 2 bridgehead atoms. The van der Waals surface area contributed by atoms with Crippen LogP contribution in [-0.4, -0.2) is 40.2 Å². The van der Waals surface area contributed by atoms with E-state index in [1.165, 1.54) is 25.7 Å². The Balaban J connectivity index is 1.42. The summed E-state index contributed by atoms with van der Waals surface area (Å²) in [5.74, 6) is 1.29. The summed E-state index contributed by atoms with van der Waals surface area (Å²) in [5.41, 5.74) is 0.923. The first-order valence-corrected chi connectivity index (χ1v) is 8.60. The highest BCUT2D eigenvalue weighted by Crippen LogP contribution is 2.30. The zero-order valence-corrected chi connectivity index (χ0v) is 14.0. The lowest BCUT2D eigenvalue weighted by Crippen LogP contribution is -2.46. The molecular weight excluding hydrogens is 312 g/mol. The lowest BCUT2D eigenvalue weighted by Gasteiger charge is -2.34. The summed E-state index contributed by atoms with van der Waals surface area (Å²) < 4.78 is 5.43. The van der Waals surface area contributed by atoms with Crippen molar-refractivity contribution in [3.8, 4) is 11.4 Å². The number of rotatable bonds is 4. The Labute approximate surface area is 141 Å². The van der Waals surface area contributed by atoms with E-state index in [2.05, 4.69) is 27.4 Å². The molecule has 0 amide bonds. The molecule has 23 heavy (non-hydrogen) atoms. The van der Waals surface area contributed by atoms with Crippen LogP contribution in [0.5, 0.6) is 0 Å². The van der Waals surface area contributed by atoms with Crippen molar-refractivity contribution < 1.29 is 4.52 Å². The molecule has 3 heterocycles. The normalized spacial score (nSPS) is 26.8. The minimum absolute atomic E-state index is 0.597. The van der Waals surface area contributed by atoms with Crippen LogP contribution < -0.4 is 5.32 Å². The number of piperidine rings is 1. The maximum Gasteiger partial charge on any atom is 0.241 e. The first kappa shape index (κ1) is 15.1. The number of aromatic nitrogens is 2. The zero-order valence-electron chi connectivity index (χ0n) is 13.2. The third-order valence-corrected chi connectivity index (χ3v) is 5.28. The lowest BCUT2D eigenvalue weighted by molar-refractivity contribution is 0.150. The van der Waals surface area contributed by atoms with Crippen molar-refractivity contribution in [2.75, 3.05) is 7.05 Å². The minimum Gasteiger partial charge on any atom is -0.338 e. The summed E-state index contributed by atoms with van der Waals surface area (Å²) >= 11 is 5.91. The Morgan fingerprint density at radius 1 is 1.22 bits per heavy atom. The third-order valence-electron chi connectivity index (χ3n) is 5.03. The molecule has 2 aromatic rings. The highest BCUT2D eigenvalue weighted by atomic mass is 35.5. The van der Waals surface area contributed by atoms with E-state index in [0.29, 0.717) is 41.4 Å². The molecule has 2 aliphatic heterocycles. The molecule has 122 valence electrons. The van der Waals surface area contributed by atoms with Crippen molar-refractivity contribution in [2.24, 2.45) is 0 Å². The van der Waals surface area contributed by atoms with Crippen molar-refractivity contribution in [3.63, 3.8) is 0 Å². The van der Waals surface area contributed by atoms with Gasteiger partial charge in [0, 0.05) is 28.7 Å². The topological polar surface area (TPSA) is 54.2 Å². The van der Waals surface area contributed by atoms with Crippen molar-refractivity contribution >= 4 is 11.6 Å². The molecule has 2 saturated heterocycles. The van der Waals surface area contributed by atoms with Gasteiger partial charge >= 0.3 is 0 Å². The van der Waals surface area contributed by atoms with E-state index in [1.54, 1.807) is 0 Å². The SMILES string of the molecule is CN(Cc1nc(-c2ccc(Cl)cc2)no1)C1CC2CCC(C1)N2. The number of benzene rings is 1. The molecule has 4 rings (SSSR count). The predicted octanol–water partition coefficient (Wildman–Crippen LogP) is 3.10. The van der Waals surface area contributed by atoms with E-state index in [9.17, 15) is 0 Å². The van der Waals surface area contributed by atoms with Crippen LogP contribution in [0.3, 0.4) is 0 Å². The quantitative estimate of drug-likeness (QED) is 0.932. The number of hydrogen-bond acceptors (Lipinski definition) is 5. The second-order valence-electron chi connectivity index (χ2n) is 6.70. The average molecular weight is 333 g/mol. The summed E-state index contributed by atoms with van der Waals surface area (Å²) in [7, 11) is 2.15. The van der Waals surface area contributed by atoms with Crippen LogP contribution in [-0.2, 0) is 6.54 Å². The van der Waals surface area contributed by atoms with Gasteiger partial charge in [-0.1, -0.05) is 16.8 Å². The van der Waals surface area contributed by atoms with E-state index >= 15 is 0 Å². The van der Waals surface area contributed by atoms with E-state index in [4.69, 9.17) is 16.1 Å². The molecule has 0 saturated carbocycles. The molecule has 6 heteroatoms. The second-order valence-corrected chi connectivity index (χ2v) is 7.13. The highest BCUT2D eigenvalue weighted by molar-refractivity contribution is 6.30. The van der Waals surface area contributed by atoms with Crippen molar-refractivity contribution in [1.29, 1.82) is 0 Å². The number of hydrogen-bond donors (Lipinski definition) is 1. The molecule has 0 aliphatic carbocycles. The highest BCUT2D eigenvalue weighted by Gasteiger charge is 2.35. The van der Waals surface area contributed by atoms with Crippen molar-refractivity contribution in [3.05, 3.63) is 35.2 Å². The van der Waals surface area contributed by atoms with Gasteiger partial charge in [-0.2, -0.15) is 4.98 Å². The number of nitrogens with one attached hydrogen (secondary N) is 1. The van der Waals surface area contributed by atoms with Gasteiger partial charge in [-0.25, -0.2) is 0 Å². The Bertz CT molecular complexity index is 659. The molecule has 1 aromatic heterocycles. The van der Waals surface area contributed by atoms with Crippen LogP contribution in [0.25, 0.3) is 11.4 Å². The molecule has 1 aromatic carbocycles. The van der Waals surface area contributed by atoms with Crippen LogP contribution in [0.2, 0.25) is 5.02 Å². The van der Waals surface area contributed by atoms with Gasteiger partial charge in [0.15, 0.2) is 0 Å². The Hall–Kier alpha value is -1.43. The fourth-order valence-corrected chi connectivity index (χ4v) is 3.89. The minimum atomic E-state index is 0.597. The first-order valence-electron chi connectivity index (χ1n) is 8.22. The largest absolute Gasteiger partial charge is 0.338 e. The number of halogens is 1. The maximum atomic E-state index is 5.91. The molecule has 2 atom stereocenters. The van der Waals surface area contributed by atoms with Crippen LogP contribution in [0.1, 0.15) is 31.6 Å². The van der Waals surface area contributed by atoms with Gasteiger partial charge in [-0.05, 0) is 57.0 Å². The smallest absolute Gasteiger partial charge is 0.241 e. The number of nitrogens with zero attached hydrogens (tertiary/aromatic N) is 3. The number of fused-ring (bicyclic) bond motifs is 2. The fraction of sp³-hybridized carbons (Fsp3) is 0.529. The Morgan fingerprint density at radius 3 is 2.61 bits per heavy atom. The molecule has 2 unspecified atom stereocenters. The van der Waals surface area contributed by atoms with Gasteiger partial charge in [0.25, 0.3) is 0 Å². The molecule has 0 spiro atoms. The van der Waals surface area contributed by atoms with Gasteiger partial charge in [-0.15, -0.1) is 0 Å². The fourth-order valence-electron chi connectivity index (χ4n) is 3.76. The Kier molecular flexibility index (Phi) is 4.09. The van der Waals surface area contributed by atoms with Gasteiger partial charge in [0.2, 0.25) is 11.7 Å². The van der Waals surface area contributed by atoms with E-state index < -0.39 is 0 Å². The second kappa shape index (κ2) is 6.23. The standard InChI is InChI=1S/C17H21ClN4O/c1-22(15-8-13-6-7-14(9-15)19-13)10-16-20-17(21-23-16)11-2-4-12(18)5-3-11/h2-5,13-15,19H,6-10H2,1H3. The van der Waals surface area contributed by atoms with Gasteiger partial charge in [-0.3, -0.25) is 4.90 Å². The maximum absolute atomic E-state index is 5.91. The van der Waals surface area contributed by atoms with E-state index in [0.717, 1.165) is 5.56 Å². The molecule has 2 aliphatic rings. The first-order chi connectivity index (χ1) is 11.2. The zero-order chi connectivity index (χ0) is 15.8. The molecule has 1 N–H and O–H groups in total. The summed E-state index contributed by atoms with van der Waals surface area (Å²) in [6, 6.07) is 9.46. The summed E-state index contributed by atoms with van der Waals surface area (Å²) in [5, 5.41) is 8.47. The Morgan fingerprint density at radius 2 is 1.91 bits per heavy atom. The molecule has 0 radical (unpaired) electrons. The van der Waals surface area contributed by atoms with E-state index in [-0.39, 0.29) is 0 Å². The van der Waals surface area contributed by atoms with Gasteiger partial charge in [0.05, 0.1) is 6.54 Å². The molecule has 5 nitrogen and oxygen atoms in total. The average Bonchev–Trinajstić information content (AvgIpc) is 3.14. The van der Waals surface area contributed by atoms with Gasteiger partial charge in [0.1, 0.15) is 0 Å². The lowest BCUT2D eigenvalue weighted by atomic mass is 9.98. The third kappa shape index (κ3) is 3.27. The van der Waals surface area contributed by atoms with Crippen LogP contribution in [0.4, 0.5) is 0 Å². The molecular formula is C17H21ClN4O. The monoisotopic (exact) mass is 332 g/mol.